The van der Waals surface area contributed by atoms with Crippen molar-refractivity contribution in [1.29, 1.82) is 0 Å². The maximum Gasteiger partial charge on any atom is 0.119 e. The number of hydrogen-bond acceptors (Lipinski definition) is 2. The predicted molar refractivity (Wildman–Crippen MR) is 93.3 cm³/mol. The first-order chi connectivity index (χ1) is 10.3. The lowest BCUT2D eigenvalue weighted by atomic mass is 10.2. The highest BCUT2D eigenvalue weighted by molar-refractivity contribution is 7.15. The highest BCUT2D eigenvalue weighted by Gasteiger charge is 2.02. The molecule has 0 aliphatic rings. The minimum absolute atomic E-state index is 0.652. The molecule has 1 nitrogen and oxygen atoms in total. The van der Waals surface area contributed by atoms with Crippen LogP contribution >= 0.6 is 11.3 Å². The standard InChI is InChI=1S/C19H24OS/c1-3-5-6-7-15-20-17-11-9-16(10-12-17)19-14-13-18(21-19)8-4-2/h6-7,9-14H,3-5,8,15H2,1-2H3. The second-order valence-corrected chi connectivity index (χ2v) is 6.28. The van der Waals surface area contributed by atoms with Gasteiger partial charge in [0.05, 0.1) is 0 Å². The number of allylic oxidation sites excluding steroid dienone is 1. The number of aryl methyl sites for hydroxylation is 1. The first-order valence-electron chi connectivity index (χ1n) is 7.80. The van der Waals surface area contributed by atoms with Gasteiger partial charge in [-0.25, -0.2) is 0 Å². The van der Waals surface area contributed by atoms with Gasteiger partial charge >= 0.3 is 0 Å². The van der Waals surface area contributed by atoms with Crippen molar-refractivity contribution < 1.29 is 4.74 Å². The summed E-state index contributed by atoms with van der Waals surface area (Å²) in [6.45, 7) is 5.06. The van der Waals surface area contributed by atoms with Crippen LogP contribution in [0, 0.1) is 0 Å². The molecule has 0 radical (unpaired) electrons. The molecular weight excluding hydrogens is 276 g/mol. The molecule has 0 saturated heterocycles. The molecule has 0 saturated carbocycles. The fraction of sp³-hybridized carbons (Fsp3) is 0.368. The predicted octanol–water partition coefficient (Wildman–Crippen LogP) is 6.10. The van der Waals surface area contributed by atoms with Gasteiger partial charge in [-0.15, -0.1) is 11.3 Å². The van der Waals surface area contributed by atoms with Crippen molar-refractivity contribution in [2.24, 2.45) is 0 Å². The lowest BCUT2D eigenvalue weighted by molar-refractivity contribution is 0.362. The fourth-order valence-corrected chi connectivity index (χ4v) is 3.24. The molecule has 2 aromatic rings. The monoisotopic (exact) mass is 300 g/mol. The van der Waals surface area contributed by atoms with Crippen LogP contribution in [0.5, 0.6) is 5.75 Å². The third-order valence-corrected chi connectivity index (χ3v) is 4.46. The van der Waals surface area contributed by atoms with E-state index in [9.17, 15) is 0 Å². The zero-order valence-electron chi connectivity index (χ0n) is 13.0. The number of benzene rings is 1. The molecule has 0 unspecified atom stereocenters. The Labute approximate surface area is 132 Å². The van der Waals surface area contributed by atoms with Crippen LogP contribution in [0.3, 0.4) is 0 Å². The summed E-state index contributed by atoms with van der Waals surface area (Å²) in [5, 5.41) is 0. The Kier molecular flexibility index (Phi) is 6.55. The summed E-state index contributed by atoms with van der Waals surface area (Å²) >= 11 is 1.89. The van der Waals surface area contributed by atoms with Gasteiger partial charge in [-0.05, 0) is 54.8 Å². The number of thiophene rings is 1. The van der Waals surface area contributed by atoms with Crippen molar-refractivity contribution >= 4 is 11.3 Å². The van der Waals surface area contributed by atoms with Crippen LogP contribution in [0.2, 0.25) is 0 Å². The molecular formula is C19H24OS. The van der Waals surface area contributed by atoms with Crippen LogP contribution in [-0.2, 0) is 6.42 Å². The molecule has 2 rings (SSSR count). The van der Waals surface area contributed by atoms with Crippen LogP contribution in [0.4, 0.5) is 0 Å². The Hall–Kier alpha value is -1.54. The van der Waals surface area contributed by atoms with Crippen molar-refractivity contribution in [3.63, 3.8) is 0 Å². The Morgan fingerprint density at radius 1 is 0.952 bits per heavy atom. The SMILES string of the molecule is CCCC=CCOc1ccc(-c2ccc(CCC)s2)cc1. The fourth-order valence-electron chi connectivity index (χ4n) is 2.13. The molecule has 0 aliphatic carbocycles. The van der Waals surface area contributed by atoms with Gasteiger partial charge in [0.2, 0.25) is 0 Å². The van der Waals surface area contributed by atoms with Gasteiger partial charge in [0.15, 0.2) is 0 Å². The molecule has 0 atom stereocenters. The van der Waals surface area contributed by atoms with Gasteiger partial charge < -0.3 is 4.74 Å². The Balaban J connectivity index is 1.91. The zero-order valence-corrected chi connectivity index (χ0v) is 13.8. The maximum absolute atomic E-state index is 5.70. The average molecular weight is 300 g/mol. The second kappa shape index (κ2) is 8.68. The molecule has 112 valence electrons. The van der Waals surface area contributed by atoms with E-state index in [0.717, 1.165) is 12.2 Å². The van der Waals surface area contributed by atoms with E-state index in [-0.39, 0.29) is 0 Å². The summed E-state index contributed by atoms with van der Waals surface area (Å²) < 4.78 is 5.70. The van der Waals surface area contributed by atoms with Gasteiger partial charge in [-0.1, -0.05) is 38.8 Å². The smallest absolute Gasteiger partial charge is 0.119 e. The second-order valence-electron chi connectivity index (χ2n) is 5.11. The number of hydrogen-bond donors (Lipinski definition) is 0. The van der Waals surface area contributed by atoms with E-state index in [0.29, 0.717) is 6.61 Å². The number of rotatable bonds is 8. The average Bonchev–Trinajstić information content (AvgIpc) is 2.97. The molecule has 0 N–H and O–H groups in total. The molecule has 2 heteroatoms. The summed E-state index contributed by atoms with van der Waals surface area (Å²) in [7, 11) is 0. The van der Waals surface area contributed by atoms with E-state index in [1.807, 2.05) is 11.3 Å². The minimum Gasteiger partial charge on any atom is -0.490 e. The van der Waals surface area contributed by atoms with Crippen LogP contribution in [0.15, 0.2) is 48.6 Å². The maximum atomic E-state index is 5.70. The number of unbranched alkanes of at least 4 members (excludes halogenated alkanes) is 1. The Morgan fingerprint density at radius 2 is 1.76 bits per heavy atom. The summed E-state index contributed by atoms with van der Waals surface area (Å²) in [4.78, 5) is 2.81. The molecule has 0 aliphatic heterocycles. The van der Waals surface area contributed by atoms with Crippen molar-refractivity contribution in [3.05, 3.63) is 53.4 Å². The highest BCUT2D eigenvalue weighted by atomic mass is 32.1. The van der Waals surface area contributed by atoms with E-state index < -0.39 is 0 Å². The lowest BCUT2D eigenvalue weighted by Gasteiger charge is -2.04. The first-order valence-corrected chi connectivity index (χ1v) is 8.62. The van der Waals surface area contributed by atoms with Gasteiger partial charge in [0, 0.05) is 9.75 Å². The molecule has 0 fully saturated rings. The Morgan fingerprint density at radius 3 is 2.48 bits per heavy atom. The zero-order chi connectivity index (χ0) is 14.9. The molecule has 0 bridgehead atoms. The van der Waals surface area contributed by atoms with Crippen molar-refractivity contribution in [2.45, 2.75) is 39.5 Å². The summed E-state index contributed by atoms with van der Waals surface area (Å²) in [6, 6.07) is 12.9. The molecule has 21 heavy (non-hydrogen) atoms. The normalized spacial score (nSPS) is 11.1. The third-order valence-electron chi connectivity index (χ3n) is 3.27. The summed E-state index contributed by atoms with van der Waals surface area (Å²) in [5.41, 5.74) is 1.27. The van der Waals surface area contributed by atoms with E-state index in [1.54, 1.807) is 0 Å². The van der Waals surface area contributed by atoms with E-state index in [1.165, 1.54) is 34.6 Å². The van der Waals surface area contributed by atoms with Crippen LogP contribution in [-0.4, -0.2) is 6.61 Å². The van der Waals surface area contributed by atoms with E-state index >= 15 is 0 Å². The highest BCUT2D eigenvalue weighted by Crippen LogP contribution is 2.30. The molecule has 0 amide bonds. The van der Waals surface area contributed by atoms with Gasteiger partial charge in [-0.2, -0.15) is 0 Å². The minimum atomic E-state index is 0.652. The molecule has 1 heterocycles. The quantitative estimate of drug-likeness (QED) is 0.535. The molecule has 1 aromatic carbocycles. The topological polar surface area (TPSA) is 9.23 Å². The van der Waals surface area contributed by atoms with Crippen molar-refractivity contribution in [1.82, 2.24) is 0 Å². The largest absolute Gasteiger partial charge is 0.490 e. The summed E-state index contributed by atoms with van der Waals surface area (Å²) in [6.07, 6.45) is 8.96. The van der Waals surface area contributed by atoms with Crippen molar-refractivity contribution in [2.75, 3.05) is 6.61 Å². The van der Waals surface area contributed by atoms with Crippen LogP contribution < -0.4 is 4.74 Å². The van der Waals surface area contributed by atoms with Crippen LogP contribution in [0.25, 0.3) is 10.4 Å². The van der Waals surface area contributed by atoms with Gasteiger partial charge in [-0.3, -0.25) is 0 Å². The van der Waals surface area contributed by atoms with Gasteiger partial charge in [0.1, 0.15) is 12.4 Å². The van der Waals surface area contributed by atoms with Gasteiger partial charge in [0.25, 0.3) is 0 Å². The number of ether oxygens (including phenoxy) is 1. The van der Waals surface area contributed by atoms with E-state index in [2.05, 4.69) is 62.4 Å². The van der Waals surface area contributed by atoms with E-state index in [4.69, 9.17) is 4.74 Å². The first kappa shape index (κ1) is 15.8. The summed E-state index contributed by atoms with van der Waals surface area (Å²) in [5.74, 6) is 0.935. The van der Waals surface area contributed by atoms with Crippen molar-refractivity contribution in [3.8, 4) is 16.2 Å². The molecule has 1 aromatic heterocycles. The molecule has 0 spiro atoms. The third kappa shape index (κ3) is 5.05. The Bertz CT molecular complexity index is 551. The van der Waals surface area contributed by atoms with Crippen LogP contribution in [0.1, 0.15) is 38.0 Å². The lowest BCUT2D eigenvalue weighted by Crippen LogP contribution is -1.92.